The molecule has 0 radical (unpaired) electrons. The van der Waals surface area contributed by atoms with Crippen molar-refractivity contribution in [1.82, 2.24) is 19.2 Å². The average Bonchev–Trinajstić information content (AvgIpc) is 3.26. The van der Waals surface area contributed by atoms with Crippen LogP contribution in [0, 0.1) is 5.92 Å². The average molecular weight is 479 g/mol. The molecular formula is C23H34N4O5S. The van der Waals surface area contributed by atoms with E-state index in [1.165, 1.54) is 4.31 Å². The lowest BCUT2D eigenvalue weighted by Gasteiger charge is -2.31. The topological polar surface area (TPSA) is 103 Å². The van der Waals surface area contributed by atoms with Gasteiger partial charge in [0, 0.05) is 44.5 Å². The number of nitrogens with zero attached hydrogens (tertiary/aromatic N) is 3. The number of ether oxygens (including phenoxy) is 2. The van der Waals surface area contributed by atoms with Crippen LogP contribution in [-0.4, -0.2) is 61.2 Å². The van der Waals surface area contributed by atoms with Gasteiger partial charge < -0.3 is 19.4 Å². The molecular weight excluding hydrogens is 444 g/mol. The van der Waals surface area contributed by atoms with Crippen LogP contribution in [0.3, 0.4) is 0 Å². The molecule has 1 aromatic carbocycles. The van der Waals surface area contributed by atoms with Crippen LogP contribution in [0.2, 0.25) is 0 Å². The van der Waals surface area contributed by atoms with E-state index in [0.29, 0.717) is 49.7 Å². The number of carbonyl (C=O) groups excluding carboxylic acids is 1. The van der Waals surface area contributed by atoms with Crippen molar-refractivity contribution in [2.24, 2.45) is 13.0 Å². The van der Waals surface area contributed by atoms with Crippen molar-refractivity contribution in [3.63, 3.8) is 0 Å². The summed E-state index contributed by atoms with van der Waals surface area (Å²) in [6.45, 7) is 2.70. The molecule has 182 valence electrons. The van der Waals surface area contributed by atoms with E-state index < -0.39 is 16.1 Å². The van der Waals surface area contributed by atoms with Gasteiger partial charge in [0.2, 0.25) is 15.9 Å². The fourth-order valence-corrected chi connectivity index (χ4v) is 5.74. The highest BCUT2D eigenvalue weighted by Gasteiger charge is 2.32. The number of amides is 1. The number of methoxy groups -OCH3 is 2. The van der Waals surface area contributed by atoms with Gasteiger partial charge in [0.05, 0.1) is 20.0 Å². The standard InChI is InChI=1S/C23H34N4O5S/c1-5-6-13-33(29,30)27-10-7-17(8-11-27)23(28)25-21(22-24-9-12-26(22)2)18-14-19(31-3)16-20(15-18)32-4/h9,12,14-17,21H,5-8,10-11,13H2,1-4H3,(H,25,28). The van der Waals surface area contributed by atoms with Crippen LogP contribution in [0.1, 0.15) is 50.0 Å². The van der Waals surface area contributed by atoms with Gasteiger partial charge in [-0.1, -0.05) is 13.3 Å². The number of aromatic nitrogens is 2. The maximum absolute atomic E-state index is 13.2. The highest BCUT2D eigenvalue weighted by atomic mass is 32.2. The van der Waals surface area contributed by atoms with Crippen LogP contribution in [0.15, 0.2) is 30.6 Å². The Labute approximate surface area is 196 Å². The molecule has 0 spiro atoms. The highest BCUT2D eigenvalue weighted by molar-refractivity contribution is 7.89. The van der Waals surface area contributed by atoms with Gasteiger partial charge in [0.15, 0.2) is 0 Å². The molecule has 1 unspecified atom stereocenters. The Bertz CT molecular complexity index is 1020. The zero-order valence-corrected chi connectivity index (χ0v) is 20.6. The molecule has 1 N–H and O–H groups in total. The van der Waals surface area contributed by atoms with Gasteiger partial charge in [-0.05, 0) is 37.0 Å². The summed E-state index contributed by atoms with van der Waals surface area (Å²) < 4.78 is 39.2. The molecule has 1 aromatic heterocycles. The SMILES string of the molecule is CCCCS(=O)(=O)N1CCC(C(=O)NC(c2cc(OC)cc(OC)c2)c2nccn2C)CC1. The quantitative estimate of drug-likeness (QED) is 0.563. The first kappa shape index (κ1) is 25.0. The minimum atomic E-state index is -3.26. The summed E-state index contributed by atoms with van der Waals surface area (Å²) in [6.07, 6.45) is 5.98. The van der Waals surface area contributed by atoms with Crippen LogP contribution in [0.25, 0.3) is 0 Å². The number of benzene rings is 1. The third kappa shape index (κ3) is 6.05. The Morgan fingerprint density at radius 3 is 2.33 bits per heavy atom. The predicted molar refractivity (Wildman–Crippen MR) is 126 cm³/mol. The first-order valence-corrected chi connectivity index (χ1v) is 12.9. The van der Waals surface area contributed by atoms with Crippen molar-refractivity contribution in [2.75, 3.05) is 33.1 Å². The van der Waals surface area contributed by atoms with E-state index in [1.54, 1.807) is 26.5 Å². The number of unbranched alkanes of at least 4 members (excludes halogenated alkanes) is 1. The molecule has 3 rings (SSSR count). The third-order valence-electron chi connectivity index (χ3n) is 6.08. The van der Waals surface area contributed by atoms with Crippen molar-refractivity contribution in [3.8, 4) is 11.5 Å². The Morgan fingerprint density at radius 1 is 1.18 bits per heavy atom. The molecule has 1 amide bonds. The second-order valence-electron chi connectivity index (χ2n) is 8.33. The highest BCUT2D eigenvalue weighted by Crippen LogP contribution is 2.30. The molecule has 2 aromatic rings. The Morgan fingerprint density at radius 2 is 1.82 bits per heavy atom. The van der Waals surface area contributed by atoms with E-state index in [-0.39, 0.29) is 17.6 Å². The first-order chi connectivity index (χ1) is 15.8. The van der Waals surface area contributed by atoms with Gasteiger partial charge in [-0.3, -0.25) is 4.79 Å². The fraction of sp³-hybridized carbons (Fsp3) is 0.565. The van der Waals surface area contributed by atoms with Gasteiger partial charge in [-0.2, -0.15) is 0 Å². The second-order valence-corrected chi connectivity index (χ2v) is 10.4. The summed E-state index contributed by atoms with van der Waals surface area (Å²) in [6, 6.07) is 4.97. The van der Waals surface area contributed by atoms with Gasteiger partial charge in [0.25, 0.3) is 0 Å². The normalized spacial score (nSPS) is 16.4. The molecule has 1 atom stereocenters. The van der Waals surface area contributed by atoms with Crippen molar-refractivity contribution in [3.05, 3.63) is 42.0 Å². The van der Waals surface area contributed by atoms with Crippen LogP contribution in [0.5, 0.6) is 11.5 Å². The zero-order valence-electron chi connectivity index (χ0n) is 19.8. The number of nitrogens with one attached hydrogen (secondary N) is 1. The van der Waals surface area contributed by atoms with Gasteiger partial charge in [-0.25, -0.2) is 17.7 Å². The summed E-state index contributed by atoms with van der Waals surface area (Å²) in [5.74, 6) is 1.69. The van der Waals surface area contributed by atoms with Crippen molar-refractivity contribution >= 4 is 15.9 Å². The largest absolute Gasteiger partial charge is 0.497 e. The van der Waals surface area contributed by atoms with E-state index in [4.69, 9.17) is 9.47 Å². The summed E-state index contributed by atoms with van der Waals surface area (Å²) in [5, 5.41) is 3.14. The minimum Gasteiger partial charge on any atom is -0.497 e. The monoisotopic (exact) mass is 478 g/mol. The molecule has 1 saturated heterocycles. The smallest absolute Gasteiger partial charge is 0.224 e. The van der Waals surface area contributed by atoms with E-state index in [2.05, 4.69) is 10.3 Å². The zero-order chi connectivity index (χ0) is 24.0. The number of aryl methyl sites for hydroxylation is 1. The minimum absolute atomic E-state index is 0.115. The number of rotatable bonds is 10. The summed E-state index contributed by atoms with van der Waals surface area (Å²) in [7, 11) is 1.77. The van der Waals surface area contributed by atoms with E-state index in [9.17, 15) is 13.2 Å². The maximum Gasteiger partial charge on any atom is 0.224 e. The van der Waals surface area contributed by atoms with Crippen LogP contribution in [0.4, 0.5) is 0 Å². The number of imidazole rings is 1. The van der Waals surface area contributed by atoms with Crippen molar-refractivity contribution < 1.29 is 22.7 Å². The lowest BCUT2D eigenvalue weighted by molar-refractivity contribution is -0.126. The molecule has 0 bridgehead atoms. The molecule has 0 aliphatic carbocycles. The first-order valence-electron chi connectivity index (χ1n) is 11.3. The lowest BCUT2D eigenvalue weighted by Crippen LogP contribution is -2.44. The Kier molecular flexibility index (Phi) is 8.36. The fourth-order valence-electron chi connectivity index (χ4n) is 4.06. The number of hydrogen-bond donors (Lipinski definition) is 1. The second kappa shape index (κ2) is 11.0. The predicted octanol–water partition coefficient (Wildman–Crippen LogP) is 2.48. The molecule has 10 heteroatoms. The number of hydrogen-bond acceptors (Lipinski definition) is 6. The maximum atomic E-state index is 13.2. The van der Waals surface area contributed by atoms with E-state index in [1.807, 2.05) is 36.9 Å². The van der Waals surface area contributed by atoms with Gasteiger partial charge in [0.1, 0.15) is 23.4 Å². The number of carbonyl (C=O) groups is 1. The summed E-state index contributed by atoms with van der Waals surface area (Å²) in [5.41, 5.74) is 0.786. The molecule has 2 heterocycles. The van der Waals surface area contributed by atoms with E-state index in [0.717, 1.165) is 12.0 Å². The van der Waals surface area contributed by atoms with Gasteiger partial charge in [-0.15, -0.1) is 0 Å². The Hall–Kier alpha value is -2.59. The van der Waals surface area contributed by atoms with Gasteiger partial charge >= 0.3 is 0 Å². The Balaban J connectivity index is 1.77. The van der Waals surface area contributed by atoms with Crippen molar-refractivity contribution in [1.29, 1.82) is 0 Å². The van der Waals surface area contributed by atoms with Crippen LogP contribution in [-0.2, 0) is 21.9 Å². The van der Waals surface area contributed by atoms with Crippen LogP contribution < -0.4 is 14.8 Å². The van der Waals surface area contributed by atoms with Crippen molar-refractivity contribution in [2.45, 2.75) is 38.6 Å². The molecule has 0 saturated carbocycles. The molecule has 9 nitrogen and oxygen atoms in total. The summed E-state index contributed by atoms with van der Waals surface area (Å²) >= 11 is 0. The number of piperidine rings is 1. The van der Waals surface area contributed by atoms with E-state index >= 15 is 0 Å². The molecule has 1 fully saturated rings. The number of sulfonamides is 1. The third-order valence-corrected chi connectivity index (χ3v) is 8.04. The molecule has 33 heavy (non-hydrogen) atoms. The molecule has 1 aliphatic heterocycles. The van der Waals surface area contributed by atoms with Crippen LogP contribution >= 0.6 is 0 Å². The summed E-state index contributed by atoms with van der Waals surface area (Å²) in [4.78, 5) is 17.7. The lowest BCUT2D eigenvalue weighted by atomic mass is 9.96. The molecule has 1 aliphatic rings.